The summed E-state index contributed by atoms with van der Waals surface area (Å²) < 4.78 is 0. The van der Waals surface area contributed by atoms with Gasteiger partial charge >= 0.3 is 5.97 Å². The van der Waals surface area contributed by atoms with Crippen LogP contribution in [0.15, 0.2) is 12.2 Å². The van der Waals surface area contributed by atoms with Gasteiger partial charge in [-0.1, -0.05) is 6.08 Å². The molecule has 0 aromatic carbocycles. The Labute approximate surface area is 58.5 Å². The normalized spacial score (nSPS) is 9.70. The van der Waals surface area contributed by atoms with Gasteiger partial charge in [0.25, 0.3) is 0 Å². The summed E-state index contributed by atoms with van der Waals surface area (Å²) in [6.07, 6.45) is 2.81. The molecule has 0 saturated heterocycles. The minimum absolute atomic E-state index is 0.330. The third-order valence-electron chi connectivity index (χ3n) is 0.732. The zero-order valence-electron chi connectivity index (χ0n) is 5.63. The standard InChI is InChI=1S/C6H9NO3/c1-2-3-5(8)7-4-6(9)10/h2-3H,4H2,1H3,(H,7,8)(H,9,10)/b3-2-. The van der Waals surface area contributed by atoms with E-state index in [1.807, 2.05) is 0 Å². The quantitative estimate of drug-likeness (QED) is 0.536. The van der Waals surface area contributed by atoms with E-state index in [2.05, 4.69) is 5.32 Å². The zero-order chi connectivity index (χ0) is 7.98. The van der Waals surface area contributed by atoms with E-state index in [0.717, 1.165) is 0 Å². The molecule has 0 saturated carbocycles. The van der Waals surface area contributed by atoms with Crippen LogP contribution in [0.2, 0.25) is 0 Å². The molecule has 0 aromatic heterocycles. The fourth-order valence-electron chi connectivity index (χ4n) is 0.373. The van der Waals surface area contributed by atoms with Gasteiger partial charge < -0.3 is 10.4 Å². The van der Waals surface area contributed by atoms with Crippen LogP contribution in [0.4, 0.5) is 0 Å². The molecule has 0 unspecified atom stereocenters. The number of carboxylic acids is 1. The highest BCUT2D eigenvalue weighted by Crippen LogP contribution is 1.70. The van der Waals surface area contributed by atoms with E-state index in [1.165, 1.54) is 12.2 Å². The Morgan fingerprint density at radius 3 is 2.60 bits per heavy atom. The molecule has 4 nitrogen and oxygen atoms in total. The molecule has 0 aliphatic heterocycles. The number of hydrogen-bond donors (Lipinski definition) is 2. The van der Waals surface area contributed by atoms with Crippen molar-refractivity contribution in [3.8, 4) is 0 Å². The maximum Gasteiger partial charge on any atom is 0.322 e. The first-order valence-electron chi connectivity index (χ1n) is 2.79. The minimum Gasteiger partial charge on any atom is -0.480 e. The molecular formula is C6H9NO3. The first-order chi connectivity index (χ1) is 4.66. The van der Waals surface area contributed by atoms with Crippen LogP contribution in [-0.4, -0.2) is 23.5 Å². The van der Waals surface area contributed by atoms with Crippen molar-refractivity contribution in [2.45, 2.75) is 6.92 Å². The summed E-state index contributed by atoms with van der Waals surface area (Å²) in [5.41, 5.74) is 0. The SMILES string of the molecule is C/C=C\C(=O)NCC(=O)O. The summed E-state index contributed by atoms with van der Waals surface area (Å²) in [6.45, 7) is 1.35. The number of amides is 1. The Hall–Kier alpha value is -1.32. The van der Waals surface area contributed by atoms with Crippen LogP contribution in [0.25, 0.3) is 0 Å². The highest BCUT2D eigenvalue weighted by Gasteiger charge is 1.97. The number of rotatable bonds is 3. The van der Waals surface area contributed by atoms with Crippen LogP contribution in [0.1, 0.15) is 6.92 Å². The number of allylic oxidation sites excluding steroid dienone is 1. The molecule has 0 radical (unpaired) electrons. The summed E-state index contributed by atoms with van der Waals surface area (Å²) in [4.78, 5) is 20.4. The predicted octanol–water partition coefficient (Wildman–Crippen LogP) is -0.237. The van der Waals surface area contributed by atoms with Crippen LogP contribution < -0.4 is 5.32 Å². The average Bonchev–Trinajstić information content (AvgIpc) is 1.85. The molecular weight excluding hydrogens is 134 g/mol. The van der Waals surface area contributed by atoms with Crippen molar-refractivity contribution in [1.82, 2.24) is 5.32 Å². The lowest BCUT2D eigenvalue weighted by molar-refractivity contribution is -0.137. The summed E-state index contributed by atoms with van der Waals surface area (Å²) in [7, 11) is 0. The Morgan fingerprint density at radius 2 is 2.20 bits per heavy atom. The van der Waals surface area contributed by atoms with Crippen molar-refractivity contribution < 1.29 is 14.7 Å². The Morgan fingerprint density at radius 1 is 1.60 bits per heavy atom. The second-order valence-electron chi connectivity index (χ2n) is 1.61. The van der Waals surface area contributed by atoms with Gasteiger partial charge in [-0.3, -0.25) is 9.59 Å². The van der Waals surface area contributed by atoms with Gasteiger partial charge in [0.15, 0.2) is 0 Å². The van der Waals surface area contributed by atoms with Crippen LogP contribution in [-0.2, 0) is 9.59 Å². The minimum atomic E-state index is -1.04. The fourth-order valence-corrected chi connectivity index (χ4v) is 0.373. The van der Waals surface area contributed by atoms with Gasteiger partial charge in [-0.2, -0.15) is 0 Å². The van der Waals surface area contributed by atoms with E-state index in [9.17, 15) is 9.59 Å². The maximum atomic E-state index is 10.5. The van der Waals surface area contributed by atoms with Gasteiger partial charge in [-0.05, 0) is 13.0 Å². The first-order valence-corrected chi connectivity index (χ1v) is 2.79. The van der Waals surface area contributed by atoms with Gasteiger partial charge in [0.1, 0.15) is 6.54 Å². The van der Waals surface area contributed by atoms with Crippen LogP contribution >= 0.6 is 0 Å². The average molecular weight is 143 g/mol. The Balaban J connectivity index is 3.50. The van der Waals surface area contributed by atoms with E-state index in [4.69, 9.17) is 5.11 Å². The first kappa shape index (κ1) is 8.68. The lowest BCUT2D eigenvalue weighted by Crippen LogP contribution is -2.27. The van der Waals surface area contributed by atoms with Crippen LogP contribution in [0.3, 0.4) is 0 Å². The van der Waals surface area contributed by atoms with E-state index in [0.29, 0.717) is 0 Å². The molecule has 0 aliphatic rings. The largest absolute Gasteiger partial charge is 0.480 e. The maximum absolute atomic E-state index is 10.5. The van der Waals surface area contributed by atoms with Crippen LogP contribution in [0.5, 0.6) is 0 Å². The topological polar surface area (TPSA) is 66.4 Å². The van der Waals surface area contributed by atoms with E-state index < -0.39 is 5.97 Å². The van der Waals surface area contributed by atoms with Crippen molar-refractivity contribution in [3.05, 3.63) is 12.2 Å². The lowest BCUT2D eigenvalue weighted by atomic mass is 10.5. The van der Waals surface area contributed by atoms with Gasteiger partial charge in [0.05, 0.1) is 0 Å². The van der Waals surface area contributed by atoms with Crippen LogP contribution in [0, 0.1) is 0 Å². The lowest BCUT2D eigenvalue weighted by Gasteiger charge is -1.94. The molecule has 0 atom stereocenters. The second-order valence-corrected chi connectivity index (χ2v) is 1.61. The van der Waals surface area contributed by atoms with E-state index >= 15 is 0 Å². The van der Waals surface area contributed by atoms with Gasteiger partial charge in [-0.15, -0.1) is 0 Å². The Kier molecular flexibility index (Phi) is 3.95. The number of nitrogens with one attached hydrogen (secondary N) is 1. The molecule has 0 heterocycles. The molecule has 2 N–H and O–H groups in total. The molecule has 1 amide bonds. The summed E-state index contributed by atoms with van der Waals surface area (Å²) in [6, 6.07) is 0. The number of carboxylic acid groups (broad SMARTS) is 1. The highest BCUT2D eigenvalue weighted by molar-refractivity contribution is 5.89. The number of carbonyl (C=O) groups is 2. The molecule has 0 aliphatic carbocycles. The number of hydrogen-bond acceptors (Lipinski definition) is 2. The van der Waals surface area contributed by atoms with Crippen molar-refractivity contribution in [1.29, 1.82) is 0 Å². The monoisotopic (exact) mass is 143 g/mol. The molecule has 56 valence electrons. The fraction of sp³-hybridized carbons (Fsp3) is 0.333. The summed E-state index contributed by atoms with van der Waals surface area (Å²) in [5, 5.41) is 10.2. The van der Waals surface area contributed by atoms with Crippen molar-refractivity contribution in [3.63, 3.8) is 0 Å². The van der Waals surface area contributed by atoms with Gasteiger partial charge in [-0.25, -0.2) is 0 Å². The third kappa shape index (κ3) is 4.83. The number of carbonyl (C=O) groups excluding carboxylic acids is 1. The molecule has 10 heavy (non-hydrogen) atoms. The van der Waals surface area contributed by atoms with E-state index in [-0.39, 0.29) is 12.5 Å². The smallest absolute Gasteiger partial charge is 0.322 e. The second kappa shape index (κ2) is 4.55. The molecule has 0 aromatic rings. The molecule has 0 rings (SSSR count). The molecule has 0 spiro atoms. The zero-order valence-corrected chi connectivity index (χ0v) is 5.63. The third-order valence-corrected chi connectivity index (χ3v) is 0.732. The van der Waals surface area contributed by atoms with Crippen molar-refractivity contribution in [2.75, 3.05) is 6.54 Å². The molecule has 0 fully saturated rings. The predicted molar refractivity (Wildman–Crippen MR) is 35.5 cm³/mol. The molecule has 4 heteroatoms. The van der Waals surface area contributed by atoms with Crippen molar-refractivity contribution in [2.24, 2.45) is 0 Å². The highest BCUT2D eigenvalue weighted by atomic mass is 16.4. The molecule has 0 bridgehead atoms. The van der Waals surface area contributed by atoms with Gasteiger partial charge in [0.2, 0.25) is 5.91 Å². The van der Waals surface area contributed by atoms with Crippen molar-refractivity contribution >= 4 is 11.9 Å². The summed E-state index contributed by atoms with van der Waals surface area (Å²) in [5.74, 6) is -1.43. The number of aliphatic carboxylic acids is 1. The Bertz CT molecular complexity index is 162. The summed E-state index contributed by atoms with van der Waals surface area (Å²) >= 11 is 0. The van der Waals surface area contributed by atoms with E-state index in [1.54, 1.807) is 6.92 Å². The van der Waals surface area contributed by atoms with Gasteiger partial charge in [0, 0.05) is 0 Å².